The third kappa shape index (κ3) is 1.62. The molecule has 0 fully saturated rings. The monoisotopic (exact) mass is 270 g/mol. The summed E-state index contributed by atoms with van der Waals surface area (Å²) < 4.78 is 0.958. The molecule has 0 spiro atoms. The Morgan fingerprint density at radius 3 is 2.64 bits per heavy atom. The number of halogens is 2. The number of aromatic nitrogens is 2. The second kappa shape index (κ2) is 3.48. The number of rotatable bonds is 0. The molecule has 1 heterocycles. The maximum atomic E-state index is 5.79. The van der Waals surface area contributed by atoms with Gasteiger partial charge in [0.05, 0.1) is 11.2 Å². The fourth-order valence-electron chi connectivity index (χ4n) is 1.44. The highest BCUT2D eigenvalue weighted by Gasteiger charge is 2.06. The number of nitrogens with zero attached hydrogens (tertiary/aromatic N) is 2. The van der Waals surface area contributed by atoms with E-state index in [1.165, 1.54) is 5.56 Å². The molecule has 0 atom stereocenters. The average molecular weight is 272 g/mol. The van der Waals surface area contributed by atoms with Crippen LogP contribution in [0.4, 0.5) is 0 Å². The zero-order valence-electron chi connectivity index (χ0n) is 7.81. The van der Waals surface area contributed by atoms with E-state index in [4.69, 9.17) is 11.6 Å². The van der Waals surface area contributed by atoms with Gasteiger partial charge in [0.2, 0.25) is 5.28 Å². The summed E-state index contributed by atoms with van der Waals surface area (Å²) in [6.45, 7) is 3.97. The minimum Gasteiger partial charge on any atom is -0.223 e. The van der Waals surface area contributed by atoms with E-state index in [1.54, 1.807) is 0 Å². The smallest absolute Gasteiger partial charge is 0.223 e. The molecule has 0 N–H and O–H groups in total. The van der Waals surface area contributed by atoms with E-state index < -0.39 is 0 Å². The van der Waals surface area contributed by atoms with Crippen LogP contribution in [0.3, 0.4) is 0 Å². The van der Waals surface area contributed by atoms with Crippen molar-refractivity contribution >= 4 is 38.4 Å². The first-order valence-corrected chi connectivity index (χ1v) is 5.35. The van der Waals surface area contributed by atoms with E-state index >= 15 is 0 Å². The summed E-state index contributed by atoms with van der Waals surface area (Å²) in [5.41, 5.74) is 2.95. The van der Waals surface area contributed by atoms with E-state index in [2.05, 4.69) is 32.0 Å². The Kier molecular flexibility index (Phi) is 2.45. The summed E-state index contributed by atoms with van der Waals surface area (Å²) in [5, 5.41) is 1.33. The van der Waals surface area contributed by atoms with E-state index in [9.17, 15) is 0 Å². The summed E-state index contributed by atoms with van der Waals surface area (Å²) in [6, 6.07) is 4.08. The molecular weight excluding hydrogens is 263 g/mol. The first kappa shape index (κ1) is 9.87. The SMILES string of the molecule is Cc1cc(Br)c2nc(Cl)nc(C)c2c1. The third-order valence-electron chi connectivity index (χ3n) is 2.06. The highest BCUT2D eigenvalue weighted by Crippen LogP contribution is 2.26. The molecule has 0 amide bonds. The molecule has 0 aliphatic carbocycles. The molecule has 0 saturated heterocycles. The standard InChI is InChI=1S/C10H8BrClN2/c1-5-3-7-6(2)13-10(12)14-9(7)8(11)4-5/h3-4H,1-2H3. The molecule has 0 bridgehead atoms. The fraction of sp³-hybridized carbons (Fsp3) is 0.200. The van der Waals surface area contributed by atoms with Crippen LogP contribution in [0.1, 0.15) is 11.3 Å². The second-order valence-corrected chi connectivity index (χ2v) is 4.41. The normalized spacial score (nSPS) is 10.9. The van der Waals surface area contributed by atoms with Crippen molar-refractivity contribution in [3.63, 3.8) is 0 Å². The lowest BCUT2D eigenvalue weighted by molar-refractivity contribution is 1.15. The van der Waals surface area contributed by atoms with Crippen LogP contribution in [-0.4, -0.2) is 9.97 Å². The molecule has 72 valence electrons. The van der Waals surface area contributed by atoms with Crippen LogP contribution in [0.2, 0.25) is 5.28 Å². The lowest BCUT2D eigenvalue weighted by atomic mass is 10.1. The van der Waals surface area contributed by atoms with Gasteiger partial charge in [-0.2, -0.15) is 0 Å². The first-order valence-electron chi connectivity index (χ1n) is 4.18. The average Bonchev–Trinajstić information content (AvgIpc) is 2.07. The lowest BCUT2D eigenvalue weighted by Gasteiger charge is -2.04. The Bertz CT molecular complexity index is 464. The molecule has 2 aromatic rings. The number of fused-ring (bicyclic) bond motifs is 1. The number of hydrogen-bond donors (Lipinski definition) is 0. The summed E-state index contributed by atoms with van der Waals surface area (Å²) in [6.07, 6.45) is 0. The zero-order chi connectivity index (χ0) is 10.3. The van der Waals surface area contributed by atoms with Gasteiger partial charge in [-0.1, -0.05) is 0 Å². The van der Waals surface area contributed by atoms with Crippen molar-refractivity contribution in [2.24, 2.45) is 0 Å². The van der Waals surface area contributed by atoms with Gasteiger partial charge in [-0.05, 0) is 59.1 Å². The van der Waals surface area contributed by atoms with Crippen LogP contribution in [0.5, 0.6) is 0 Å². The van der Waals surface area contributed by atoms with Gasteiger partial charge < -0.3 is 0 Å². The van der Waals surface area contributed by atoms with Gasteiger partial charge in [-0.15, -0.1) is 0 Å². The van der Waals surface area contributed by atoms with Crippen molar-refractivity contribution in [1.29, 1.82) is 0 Å². The molecule has 0 aliphatic rings. The quantitative estimate of drug-likeness (QED) is 0.683. The van der Waals surface area contributed by atoms with E-state index in [0.29, 0.717) is 5.28 Å². The van der Waals surface area contributed by atoms with Crippen molar-refractivity contribution < 1.29 is 0 Å². The lowest BCUT2D eigenvalue weighted by Crippen LogP contribution is -1.91. The predicted molar refractivity (Wildman–Crippen MR) is 61.7 cm³/mol. The number of benzene rings is 1. The van der Waals surface area contributed by atoms with Crippen molar-refractivity contribution in [3.05, 3.63) is 33.1 Å². The van der Waals surface area contributed by atoms with Gasteiger partial charge in [0, 0.05) is 9.86 Å². The maximum absolute atomic E-state index is 5.79. The molecule has 0 saturated carbocycles. The van der Waals surface area contributed by atoms with Gasteiger partial charge in [-0.25, -0.2) is 9.97 Å². The Morgan fingerprint density at radius 2 is 1.93 bits per heavy atom. The van der Waals surface area contributed by atoms with Crippen molar-refractivity contribution in [2.75, 3.05) is 0 Å². The van der Waals surface area contributed by atoms with Gasteiger partial charge in [0.25, 0.3) is 0 Å². The number of hydrogen-bond acceptors (Lipinski definition) is 2. The highest BCUT2D eigenvalue weighted by molar-refractivity contribution is 9.10. The van der Waals surface area contributed by atoms with E-state index in [-0.39, 0.29) is 0 Å². The highest BCUT2D eigenvalue weighted by atomic mass is 79.9. The second-order valence-electron chi connectivity index (χ2n) is 3.22. The van der Waals surface area contributed by atoms with Gasteiger partial charge >= 0.3 is 0 Å². The van der Waals surface area contributed by atoms with E-state index in [0.717, 1.165) is 21.1 Å². The summed E-state index contributed by atoms with van der Waals surface area (Å²) in [7, 11) is 0. The molecule has 0 radical (unpaired) electrons. The molecular formula is C10H8BrClN2. The first-order chi connectivity index (χ1) is 6.58. The van der Waals surface area contributed by atoms with Gasteiger partial charge in [-0.3, -0.25) is 0 Å². The topological polar surface area (TPSA) is 25.8 Å². The molecule has 2 nitrogen and oxygen atoms in total. The summed E-state index contributed by atoms with van der Waals surface area (Å²) in [4.78, 5) is 8.30. The third-order valence-corrected chi connectivity index (χ3v) is 2.84. The zero-order valence-corrected chi connectivity index (χ0v) is 10.1. The van der Waals surface area contributed by atoms with Crippen LogP contribution in [0, 0.1) is 13.8 Å². The fourth-order valence-corrected chi connectivity index (χ4v) is 2.31. The minimum atomic E-state index is 0.291. The molecule has 4 heteroatoms. The van der Waals surface area contributed by atoms with Crippen LogP contribution < -0.4 is 0 Å². The Hall–Kier alpha value is -0.670. The Balaban J connectivity index is 2.94. The van der Waals surface area contributed by atoms with E-state index in [1.807, 2.05) is 19.9 Å². The van der Waals surface area contributed by atoms with Gasteiger partial charge in [0.1, 0.15) is 0 Å². The van der Waals surface area contributed by atoms with Crippen molar-refractivity contribution in [2.45, 2.75) is 13.8 Å². The van der Waals surface area contributed by atoms with Crippen LogP contribution in [0.25, 0.3) is 10.9 Å². The summed E-state index contributed by atoms with van der Waals surface area (Å²) >= 11 is 9.26. The molecule has 0 aliphatic heterocycles. The molecule has 1 aromatic heterocycles. The minimum absolute atomic E-state index is 0.291. The largest absolute Gasteiger partial charge is 0.223 e. The molecule has 2 rings (SSSR count). The van der Waals surface area contributed by atoms with Crippen LogP contribution in [0.15, 0.2) is 16.6 Å². The van der Waals surface area contributed by atoms with Crippen LogP contribution in [-0.2, 0) is 0 Å². The Morgan fingerprint density at radius 1 is 1.21 bits per heavy atom. The summed E-state index contributed by atoms with van der Waals surface area (Å²) in [5.74, 6) is 0. The maximum Gasteiger partial charge on any atom is 0.223 e. The number of aryl methyl sites for hydroxylation is 2. The molecule has 0 unspecified atom stereocenters. The molecule has 14 heavy (non-hydrogen) atoms. The predicted octanol–water partition coefficient (Wildman–Crippen LogP) is 3.66. The van der Waals surface area contributed by atoms with Gasteiger partial charge in [0.15, 0.2) is 0 Å². The molecule has 1 aromatic carbocycles. The Labute approximate surface area is 95.5 Å². The van der Waals surface area contributed by atoms with Crippen molar-refractivity contribution in [3.8, 4) is 0 Å². The van der Waals surface area contributed by atoms with Crippen molar-refractivity contribution in [1.82, 2.24) is 9.97 Å². The van der Waals surface area contributed by atoms with Crippen LogP contribution >= 0.6 is 27.5 Å².